The molecule has 0 radical (unpaired) electrons. The van der Waals surface area contributed by atoms with Gasteiger partial charge in [0.25, 0.3) is 0 Å². The Morgan fingerprint density at radius 1 is 1.44 bits per heavy atom. The number of rotatable bonds is 4. The second kappa shape index (κ2) is 5.74. The molecular formula is C14H26N4. The van der Waals surface area contributed by atoms with E-state index in [2.05, 4.69) is 42.2 Å². The number of piperidine rings is 1. The lowest BCUT2D eigenvalue weighted by molar-refractivity contribution is 0.183. The summed E-state index contributed by atoms with van der Waals surface area (Å²) < 4.78 is 1.93. The monoisotopic (exact) mass is 250 g/mol. The lowest BCUT2D eigenvalue weighted by Crippen LogP contribution is -2.39. The molecule has 1 aliphatic heterocycles. The van der Waals surface area contributed by atoms with Crippen molar-refractivity contribution in [3.63, 3.8) is 0 Å². The van der Waals surface area contributed by atoms with E-state index in [9.17, 15) is 0 Å². The van der Waals surface area contributed by atoms with E-state index in [4.69, 9.17) is 0 Å². The van der Waals surface area contributed by atoms with Crippen molar-refractivity contribution in [3.8, 4) is 0 Å². The lowest BCUT2D eigenvalue weighted by Gasteiger charge is -2.34. The topological polar surface area (TPSA) is 33.1 Å². The van der Waals surface area contributed by atoms with Gasteiger partial charge in [-0.2, -0.15) is 5.10 Å². The van der Waals surface area contributed by atoms with Crippen molar-refractivity contribution in [2.45, 2.75) is 39.7 Å². The Bertz CT molecular complexity index is 358. The van der Waals surface area contributed by atoms with Crippen molar-refractivity contribution in [2.75, 3.05) is 25.0 Å². The predicted octanol–water partition coefficient (Wildman–Crippen LogP) is 2.26. The summed E-state index contributed by atoms with van der Waals surface area (Å²) in [6.45, 7) is 10.3. The average Bonchev–Trinajstić information content (AvgIpc) is 2.68. The van der Waals surface area contributed by atoms with Gasteiger partial charge in [-0.1, -0.05) is 6.92 Å². The van der Waals surface area contributed by atoms with E-state index in [1.54, 1.807) is 0 Å². The number of nitrogens with one attached hydrogen (secondary N) is 1. The first-order valence-electron chi connectivity index (χ1n) is 7.09. The van der Waals surface area contributed by atoms with Crippen LogP contribution in [0.15, 0.2) is 6.07 Å². The molecule has 0 amide bonds. The van der Waals surface area contributed by atoms with E-state index in [1.807, 2.05) is 11.7 Å². The molecule has 0 spiro atoms. The van der Waals surface area contributed by atoms with Gasteiger partial charge in [0.15, 0.2) is 0 Å². The molecule has 0 saturated carbocycles. The Morgan fingerprint density at radius 3 is 2.61 bits per heavy atom. The van der Waals surface area contributed by atoms with Gasteiger partial charge in [-0.25, -0.2) is 0 Å². The Kier molecular flexibility index (Phi) is 4.27. The fourth-order valence-electron chi connectivity index (χ4n) is 2.75. The molecule has 0 aliphatic carbocycles. The van der Waals surface area contributed by atoms with Crippen molar-refractivity contribution in [1.29, 1.82) is 0 Å². The molecule has 2 rings (SSSR count). The highest BCUT2D eigenvalue weighted by Gasteiger charge is 2.23. The quantitative estimate of drug-likeness (QED) is 0.890. The summed E-state index contributed by atoms with van der Waals surface area (Å²) in [5.41, 5.74) is 1.20. The molecule has 1 N–H and O–H groups in total. The Hall–Kier alpha value is -1.03. The van der Waals surface area contributed by atoms with Crippen LogP contribution in [0.25, 0.3) is 0 Å². The summed E-state index contributed by atoms with van der Waals surface area (Å²) in [6.07, 6.45) is 2.60. The third kappa shape index (κ3) is 3.05. The third-order valence-electron chi connectivity index (χ3n) is 4.28. The standard InChI is InChI=1S/C14H26N4/c1-5-18-8-6-13(7-9-18)12(3)15-14-10-11(2)17(4)16-14/h10,12-13H,5-9H2,1-4H3,(H,15,16). The zero-order valence-corrected chi connectivity index (χ0v) is 12.1. The van der Waals surface area contributed by atoms with Gasteiger partial charge in [0.05, 0.1) is 0 Å². The summed E-state index contributed by atoms with van der Waals surface area (Å²) in [4.78, 5) is 2.54. The highest BCUT2D eigenvalue weighted by Crippen LogP contribution is 2.22. The van der Waals surface area contributed by atoms with Crippen molar-refractivity contribution < 1.29 is 0 Å². The first-order chi connectivity index (χ1) is 8.60. The van der Waals surface area contributed by atoms with Crippen molar-refractivity contribution in [1.82, 2.24) is 14.7 Å². The SMILES string of the molecule is CCN1CCC(C(C)Nc2cc(C)n(C)n2)CC1. The second-order valence-electron chi connectivity index (χ2n) is 5.50. The molecule has 1 atom stereocenters. The van der Waals surface area contributed by atoms with Crippen LogP contribution in [0.2, 0.25) is 0 Å². The molecule has 1 aliphatic rings. The molecule has 1 unspecified atom stereocenters. The van der Waals surface area contributed by atoms with Gasteiger partial charge in [-0.05, 0) is 52.2 Å². The van der Waals surface area contributed by atoms with Crippen LogP contribution in [0.4, 0.5) is 5.82 Å². The lowest BCUT2D eigenvalue weighted by atomic mass is 9.90. The average molecular weight is 250 g/mol. The van der Waals surface area contributed by atoms with E-state index < -0.39 is 0 Å². The minimum atomic E-state index is 0.512. The largest absolute Gasteiger partial charge is 0.366 e. The van der Waals surface area contributed by atoms with Crippen LogP contribution < -0.4 is 5.32 Å². The van der Waals surface area contributed by atoms with E-state index >= 15 is 0 Å². The number of aryl methyl sites for hydroxylation is 2. The van der Waals surface area contributed by atoms with Gasteiger partial charge in [-0.15, -0.1) is 0 Å². The van der Waals surface area contributed by atoms with E-state index in [0.29, 0.717) is 6.04 Å². The molecule has 1 saturated heterocycles. The first-order valence-corrected chi connectivity index (χ1v) is 7.09. The number of hydrogen-bond acceptors (Lipinski definition) is 3. The number of hydrogen-bond donors (Lipinski definition) is 1. The number of nitrogens with zero attached hydrogens (tertiary/aromatic N) is 3. The first kappa shape index (κ1) is 13.4. The molecule has 4 heteroatoms. The normalized spacial score (nSPS) is 20.0. The highest BCUT2D eigenvalue weighted by molar-refractivity contribution is 5.36. The highest BCUT2D eigenvalue weighted by atomic mass is 15.3. The molecule has 0 bridgehead atoms. The van der Waals surface area contributed by atoms with Gasteiger partial charge < -0.3 is 10.2 Å². The van der Waals surface area contributed by atoms with Crippen molar-refractivity contribution >= 4 is 5.82 Å². The Morgan fingerprint density at radius 2 is 2.11 bits per heavy atom. The van der Waals surface area contributed by atoms with Crippen LogP contribution in [-0.2, 0) is 7.05 Å². The van der Waals surface area contributed by atoms with E-state index in [0.717, 1.165) is 11.7 Å². The zero-order valence-electron chi connectivity index (χ0n) is 12.1. The molecule has 1 aromatic rings. The van der Waals surface area contributed by atoms with Gasteiger partial charge in [0.1, 0.15) is 5.82 Å². The fourth-order valence-corrected chi connectivity index (χ4v) is 2.75. The van der Waals surface area contributed by atoms with Gasteiger partial charge >= 0.3 is 0 Å². The summed E-state index contributed by atoms with van der Waals surface area (Å²) in [5.74, 6) is 1.79. The summed E-state index contributed by atoms with van der Waals surface area (Å²) >= 11 is 0. The summed E-state index contributed by atoms with van der Waals surface area (Å²) in [6, 6.07) is 2.64. The maximum Gasteiger partial charge on any atom is 0.148 e. The van der Waals surface area contributed by atoms with Crippen LogP contribution in [-0.4, -0.2) is 40.4 Å². The maximum absolute atomic E-state index is 4.47. The third-order valence-corrected chi connectivity index (χ3v) is 4.28. The number of anilines is 1. The Labute approximate surface area is 110 Å². The summed E-state index contributed by atoms with van der Waals surface area (Å²) in [5, 5.41) is 8.03. The van der Waals surface area contributed by atoms with Crippen LogP contribution in [0.5, 0.6) is 0 Å². The molecule has 0 aromatic carbocycles. The minimum absolute atomic E-state index is 0.512. The van der Waals surface area contributed by atoms with Gasteiger partial charge in [-0.3, -0.25) is 4.68 Å². The van der Waals surface area contributed by atoms with E-state index in [1.165, 1.54) is 38.2 Å². The Balaban J connectivity index is 1.86. The van der Waals surface area contributed by atoms with Crippen molar-refractivity contribution in [2.24, 2.45) is 13.0 Å². The minimum Gasteiger partial charge on any atom is -0.366 e. The molecule has 1 fully saturated rings. The zero-order chi connectivity index (χ0) is 13.1. The molecule has 18 heavy (non-hydrogen) atoms. The van der Waals surface area contributed by atoms with Gasteiger partial charge in [0.2, 0.25) is 0 Å². The predicted molar refractivity (Wildman–Crippen MR) is 75.9 cm³/mol. The maximum atomic E-state index is 4.47. The molecule has 2 heterocycles. The van der Waals surface area contributed by atoms with Crippen LogP contribution >= 0.6 is 0 Å². The van der Waals surface area contributed by atoms with Crippen LogP contribution in [0.1, 0.15) is 32.4 Å². The van der Waals surface area contributed by atoms with Crippen molar-refractivity contribution in [3.05, 3.63) is 11.8 Å². The summed E-state index contributed by atoms with van der Waals surface area (Å²) in [7, 11) is 1.99. The number of aromatic nitrogens is 2. The second-order valence-corrected chi connectivity index (χ2v) is 5.50. The molecule has 102 valence electrons. The fraction of sp³-hybridized carbons (Fsp3) is 0.786. The molecular weight excluding hydrogens is 224 g/mol. The van der Waals surface area contributed by atoms with Gasteiger partial charge in [0, 0.05) is 24.8 Å². The molecule has 4 nitrogen and oxygen atoms in total. The number of likely N-dealkylation sites (tertiary alicyclic amines) is 1. The molecule has 1 aromatic heterocycles. The van der Waals surface area contributed by atoms with Crippen LogP contribution in [0.3, 0.4) is 0 Å². The van der Waals surface area contributed by atoms with E-state index in [-0.39, 0.29) is 0 Å². The van der Waals surface area contributed by atoms with Crippen LogP contribution in [0, 0.1) is 12.8 Å². The smallest absolute Gasteiger partial charge is 0.148 e.